The minimum Gasteiger partial charge on any atom is -0.309 e. The van der Waals surface area contributed by atoms with Gasteiger partial charge < -0.3 is 4.57 Å². The molecule has 4 aromatic carbocycles. The fraction of sp³-hybridized carbons (Fsp3) is 0.118. The molecule has 1 aliphatic heterocycles. The molecule has 5 heteroatoms. The molecule has 5 rings (SSSR count). The molecule has 0 radical (unpaired) electrons. The van der Waals surface area contributed by atoms with E-state index in [0.29, 0.717) is 23.7 Å². The van der Waals surface area contributed by atoms with Crippen molar-refractivity contribution in [2.75, 3.05) is 0 Å². The predicted octanol–water partition coefficient (Wildman–Crippen LogP) is 8.79. The highest BCUT2D eigenvalue weighted by molar-refractivity contribution is 7.90. The molecule has 1 aliphatic rings. The molecule has 1 heterocycles. The average molecular weight is 532 g/mol. The number of allylic oxidation sites excluding steroid dienone is 3. The second-order valence-electron chi connectivity index (χ2n) is 10.0. The molecule has 4 nitrogen and oxygen atoms in total. The Morgan fingerprint density at radius 1 is 0.821 bits per heavy atom. The standard InChI is InChI=1S/C34H30NO3P/c1-3-21-34(23-27-13-7-4-8-14-27)24-32(28-15-9-5-10-16-28)39(38,33(25-34)29-17-11-6-12-18-29)31-20-19-30(35(36)37)22-26(31)2/h3-20,22,24-25H,1,21,23H2,2H3. The van der Waals surface area contributed by atoms with Crippen LogP contribution < -0.4 is 5.30 Å². The first-order valence-corrected chi connectivity index (χ1v) is 14.7. The van der Waals surface area contributed by atoms with Crippen molar-refractivity contribution in [3.05, 3.63) is 166 Å². The number of hydrogen-bond acceptors (Lipinski definition) is 3. The van der Waals surface area contributed by atoms with E-state index in [-0.39, 0.29) is 5.69 Å². The van der Waals surface area contributed by atoms with Crippen LogP contribution in [0.25, 0.3) is 10.6 Å². The monoisotopic (exact) mass is 531 g/mol. The first-order chi connectivity index (χ1) is 18.9. The Kier molecular flexibility index (Phi) is 7.32. The fourth-order valence-electron chi connectivity index (χ4n) is 5.55. The van der Waals surface area contributed by atoms with Gasteiger partial charge in [-0.05, 0) is 48.1 Å². The van der Waals surface area contributed by atoms with Crippen LogP contribution in [0.4, 0.5) is 5.69 Å². The SMILES string of the molecule is C=CCC1(Cc2ccccc2)C=C(c2ccccc2)P(=O)(c2ccc([N+](=O)[O-])cc2C)C(c2ccccc2)=C1. The molecule has 0 unspecified atom stereocenters. The van der Waals surface area contributed by atoms with E-state index in [2.05, 4.69) is 30.9 Å². The van der Waals surface area contributed by atoms with Crippen LogP contribution >= 0.6 is 7.14 Å². The lowest BCUT2D eigenvalue weighted by molar-refractivity contribution is -0.384. The Balaban J connectivity index is 1.85. The number of aryl methyl sites for hydroxylation is 1. The molecule has 0 saturated heterocycles. The number of non-ortho nitro benzene ring substituents is 1. The summed E-state index contributed by atoms with van der Waals surface area (Å²) in [6, 6.07) is 34.7. The molecule has 0 aromatic heterocycles. The van der Waals surface area contributed by atoms with Crippen molar-refractivity contribution in [3.8, 4) is 0 Å². The molecule has 0 N–H and O–H groups in total. The Bertz CT molecular complexity index is 1560. The third-order valence-electron chi connectivity index (χ3n) is 7.30. The van der Waals surface area contributed by atoms with Crippen LogP contribution in [0.3, 0.4) is 0 Å². The molecule has 39 heavy (non-hydrogen) atoms. The molecule has 0 spiro atoms. The van der Waals surface area contributed by atoms with E-state index in [9.17, 15) is 10.1 Å². The summed E-state index contributed by atoms with van der Waals surface area (Å²) in [5.41, 5.74) is 3.08. The minimum atomic E-state index is -3.46. The predicted molar refractivity (Wildman–Crippen MR) is 161 cm³/mol. The number of nitrogens with zero attached hydrogens (tertiary/aromatic N) is 1. The number of benzene rings is 4. The molecular weight excluding hydrogens is 501 g/mol. The molecule has 0 aliphatic carbocycles. The maximum atomic E-state index is 15.8. The fourth-order valence-corrected chi connectivity index (χ4v) is 9.08. The summed E-state index contributed by atoms with van der Waals surface area (Å²) < 4.78 is 15.8. The van der Waals surface area contributed by atoms with Gasteiger partial charge in [0, 0.05) is 33.5 Å². The Hall–Kier alpha value is -4.27. The highest BCUT2D eigenvalue weighted by atomic mass is 31.2. The van der Waals surface area contributed by atoms with Gasteiger partial charge in [-0.15, -0.1) is 6.58 Å². The number of nitro groups is 1. The van der Waals surface area contributed by atoms with Crippen molar-refractivity contribution in [2.24, 2.45) is 5.41 Å². The second kappa shape index (κ2) is 10.8. The van der Waals surface area contributed by atoms with Crippen LogP contribution in [-0.2, 0) is 11.0 Å². The lowest BCUT2D eigenvalue weighted by atomic mass is 9.77. The molecule has 0 saturated carbocycles. The minimum absolute atomic E-state index is 0.0135. The maximum absolute atomic E-state index is 15.8. The van der Waals surface area contributed by atoms with E-state index >= 15 is 4.57 Å². The molecule has 0 atom stereocenters. The topological polar surface area (TPSA) is 60.2 Å². The first-order valence-electron chi connectivity index (χ1n) is 12.9. The largest absolute Gasteiger partial charge is 0.309 e. The third-order valence-corrected chi connectivity index (χ3v) is 10.6. The summed E-state index contributed by atoms with van der Waals surface area (Å²) in [7, 11) is -3.46. The summed E-state index contributed by atoms with van der Waals surface area (Å²) >= 11 is 0. The summed E-state index contributed by atoms with van der Waals surface area (Å²) in [5, 5.41) is 13.6. The summed E-state index contributed by atoms with van der Waals surface area (Å²) in [6.07, 6.45) is 7.64. The molecular formula is C34H30NO3P. The zero-order chi connectivity index (χ0) is 27.5. The van der Waals surface area contributed by atoms with Gasteiger partial charge in [0.05, 0.1) is 4.92 Å². The van der Waals surface area contributed by atoms with Gasteiger partial charge in [0.25, 0.3) is 5.69 Å². The van der Waals surface area contributed by atoms with Crippen molar-refractivity contribution >= 4 is 28.8 Å². The van der Waals surface area contributed by atoms with E-state index < -0.39 is 17.5 Å². The van der Waals surface area contributed by atoms with Gasteiger partial charge in [0.1, 0.15) is 0 Å². The molecule has 4 aromatic rings. The van der Waals surface area contributed by atoms with Gasteiger partial charge >= 0.3 is 0 Å². The zero-order valence-corrected chi connectivity index (χ0v) is 22.8. The van der Waals surface area contributed by atoms with E-state index in [1.165, 1.54) is 17.7 Å². The van der Waals surface area contributed by atoms with Gasteiger partial charge in [-0.2, -0.15) is 0 Å². The van der Waals surface area contributed by atoms with Crippen molar-refractivity contribution < 1.29 is 9.49 Å². The van der Waals surface area contributed by atoms with Crippen LogP contribution in [0, 0.1) is 22.5 Å². The van der Waals surface area contributed by atoms with E-state index in [1.807, 2.05) is 91.9 Å². The average Bonchev–Trinajstić information content (AvgIpc) is 2.95. The van der Waals surface area contributed by atoms with E-state index in [1.54, 1.807) is 6.07 Å². The van der Waals surface area contributed by atoms with Crippen molar-refractivity contribution in [2.45, 2.75) is 19.8 Å². The van der Waals surface area contributed by atoms with Crippen LogP contribution in [0.1, 0.15) is 28.7 Å². The van der Waals surface area contributed by atoms with Crippen molar-refractivity contribution in [1.29, 1.82) is 0 Å². The second-order valence-corrected chi connectivity index (χ2v) is 12.7. The highest BCUT2D eigenvalue weighted by Crippen LogP contribution is 2.71. The first kappa shape index (κ1) is 26.3. The normalized spacial score (nSPS) is 20.5. The Labute approximate surface area is 229 Å². The third kappa shape index (κ3) is 5.08. The highest BCUT2D eigenvalue weighted by Gasteiger charge is 2.44. The summed E-state index contributed by atoms with van der Waals surface area (Å²) in [5.74, 6) is 0. The lowest BCUT2D eigenvalue weighted by Crippen LogP contribution is -2.25. The van der Waals surface area contributed by atoms with Crippen molar-refractivity contribution in [3.63, 3.8) is 0 Å². The van der Waals surface area contributed by atoms with Crippen LogP contribution in [0.15, 0.2) is 134 Å². The summed E-state index contributed by atoms with van der Waals surface area (Å²) in [6.45, 7) is 5.89. The molecule has 0 bridgehead atoms. The van der Waals surface area contributed by atoms with Crippen LogP contribution in [-0.4, -0.2) is 4.92 Å². The molecule has 0 amide bonds. The van der Waals surface area contributed by atoms with Gasteiger partial charge in [-0.1, -0.05) is 109 Å². The summed E-state index contributed by atoms with van der Waals surface area (Å²) in [4.78, 5) is 11.1. The van der Waals surface area contributed by atoms with Crippen molar-refractivity contribution in [1.82, 2.24) is 0 Å². The zero-order valence-electron chi connectivity index (χ0n) is 21.9. The smallest absolute Gasteiger partial charge is 0.269 e. The van der Waals surface area contributed by atoms with Gasteiger partial charge in [0.15, 0.2) is 7.14 Å². The van der Waals surface area contributed by atoms with Gasteiger partial charge in [-0.25, -0.2) is 0 Å². The van der Waals surface area contributed by atoms with Gasteiger partial charge in [0.2, 0.25) is 0 Å². The molecule has 0 fully saturated rings. The quantitative estimate of drug-likeness (QED) is 0.0988. The number of rotatable bonds is 8. The van der Waals surface area contributed by atoms with Gasteiger partial charge in [-0.3, -0.25) is 10.1 Å². The van der Waals surface area contributed by atoms with Crippen LogP contribution in [0.2, 0.25) is 0 Å². The van der Waals surface area contributed by atoms with Crippen LogP contribution in [0.5, 0.6) is 0 Å². The Morgan fingerprint density at radius 2 is 1.33 bits per heavy atom. The maximum Gasteiger partial charge on any atom is 0.269 e. The number of hydrogen-bond donors (Lipinski definition) is 0. The number of nitro benzene ring substituents is 1. The Morgan fingerprint density at radius 3 is 1.79 bits per heavy atom. The molecule has 194 valence electrons. The van der Waals surface area contributed by atoms with E-state index in [4.69, 9.17) is 0 Å². The lowest BCUT2D eigenvalue weighted by Gasteiger charge is -2.38. The van der Waals surface area contributed by atoms with E-state index in [0.717, 1.165) is 21.8 Å².